The van der Waals surface area contributed by atoms with Crippen LogP contribution in [0.3, 0.4) is 0 Å². The molecule has 0 spiro atoms. The molecular weight excluding hydrogens is 166 g/mol. The molecular formula is C10H19NO2. The van der Waals surface area contributed by atoms with E-state index in [0.717, 1.165) is 13.1 Å². The van der Waals surface area contributed by atoms with Crippen molar-refractivity contribution in [1.29, 1.82) is 0 Å². The van der Waals surface area contributed by atoms with Crippen molar-refractivity contribution in [3.63, 3.8) is 0 Å². The zero-order chi connectivity index (χ0) is 10.1. The monoisotopic (exact) mass is 185 g/mol. The number of hydrogen-bond acceptors (Lipinski definition) is 3. The smallest absolute Gasteiger partial charge is 0.311 e. The Morgan fingerprint density at radius 3 is 2.38 bits per heavy atom. The first-order chi connectivity index (χ1) is 5.90. The summed E-state index contributed by atoms with van der Waals surface area (Å²) in [7, 11) is 0. The Morgan fingerprint density at radius 2 is 2.00 bits per heavy atom. The normalized spacial score (nSPS) is 28.9. The predicted octanol–water partition coefficient (Wildman–Crippen LogP) is 1.18. The first-order valence-corrected chi connectivity index (χ1v) is 4.84. The van der Waals surface area contributed by atoms with Gasteiger partial charge in [-0.05, 0) is 33.2 Å². The number of esters is 1. The van der Waals surface area contributed by atoms with E-state index in [1.165, 1.54) is 0 Å². The van der Waals surface area contributed by atoms with Gasteiger partial charge in [0.15, 0.2) is 0 Å². The summed E-state index contributed by atoms with van der Waals surface area (Å²) in [4.78, 5) is 11.6. The molecule has 13 heavy (non-hydrogen) atoms. The maximum atomic E-state index is 11.6. The van der Waals surface area contributed by atoms with Crippen molar-refractivity contribution in [2.45, 2.75) is 33.3 Å². The minimum Gasteiger partial charge on any atom is -0.460 e. The topological polar surface area (TPSA) is 38.3 Å². The molecule has 0 aliphatic carbocycles. The highest BCUT2D eigenvalue weighted by Crippen LogP contribution is 2.20. The van der Waals surface area contributed by atoms with E-state index in [2.05, 4.69) is 12.2 Å². The summed E-state index contributed by atoms with van der Waals surface area (Å²) < 4.78 is 5.31. The molecule has 0 aromatic rings. The molecule has 0 bridgehead atoms. The molecule has 3 nitrogen and oxygen atoms in total. The fourth-order valence-corrected chi connectivity index (χ4v) is 1.50. The van der Waals surface area contributed by atoms with Crippen LogP contribution in [0.5, 0.6) is 0 Å². The fraction of sp³-hybridized carbons (Fsp3) is 0.900. The van der Waals surface area contributed by atoms with Gasteiger partial charge in [0.1, 0.15) is 5.60 Å². The maximum absolute atomic E-state index is 11.6. The highest BCUT2D eigenvalue weighted by Gasteiger charge is 2.32. The van der Waals surface area contributed by atoms with Crippen molar-refractivity contribution >= 4 is 5.97 Å². The molecule has 1 fully saturated rings. The molecule has 3 heteroatoms. The summed E-state index contributed by atoms with van der Waals surface area (Å²) in [6, 6.07) is 0. The van der Waals surface area contributed by atoms with Gasteiger partial charge in [0.05, 0.1) is 5.92 Å². The molecule has 0 aromatic carbocycles. The minimum absolute atomic E-state index is 0.0409. The van der Waals surface area contributed by atoms with E-state index in [1.54, 1.807) is 0 Å². The average molecular weight is 185 g/mol. The lowest BCUT2D eigenvalue weighted by Crippen LogP contribution is -2.31. The van der Waals surface area contributed by atoms with Gasteiger partial charge in [-0.3, -0.25) is 4.79 Å². The molecule has 0 radical (unpaired) electrons. The van der Waals surface area contributed by atoms with Gasteiger partial charge in [-0.2, -0.15) is 0 Å². The van der Waals surface area contributed by atoms with Crippen LogP contribution in [-0.2, 0) is 9.53 Å². The third kappa shape index (κ3) is 2.99. The number of ether oxygens (including phenoxy) is 1. The molecule has 1 saturated heterocycles. The van der Waals surface area contributed by atoms with Crippen LogP contribution in [0.4, 0.5) is 0 Å². The standard InChI is InChI=1S/C10H19NO2/c1-7-5-11-6-8(7)9(12)13-10(2,3)4/h7-8,11H,5-6H2,1-4H3/t7-,8+/m1/s1. The summed E-state index contributed by atoms with van der Waals surface area (Å²) >= 11 is 0. The van der Waals surface area contributed by atoms with Crippen LogP contribution >= 0.6 is 0 Å². The number of hydrogen-bond donors (Lipinski definition) is 1. The van der Waals surface area contributed by atoms with E-state index in [0.29, 0.717) is 5.92 Å². The van der Waals surface area contributed by atoms with Crippen LogP contribution < -0.4 is 5.32 Å². The second-order valence-corrected chi connectivity index (χ2v) is 4.78. The van der Waals surface area contributed by atoms with Crippen molar-refractivity contribution < 1.29 is 9.53 Å². The van der Waals surface area contributed by atoms with Crippen molar-refractivity contribution in [2.24, 2.45) is 11.8 Å². The summed E-state index contributed by atoms with van der Waals surface area (Å²) in [5.74, 6) is 0.374. The fourth-order valence-electron chi connectivity index (χ4n) is 1.50. The lowest BCUT2D eigenvalue weighted by Gasteiger charge is -2.23. The van der Waals surface area contributed by atoms with Gasteiger partial charge >= 0.3 is 5.97 Å². The maximum Gasteiger partial charge on any atom is 0.311 e. The molecule has 0 aromatic heterocycles. The second kappa shape index (κ2) is 3.66. The van der Waals surface area contributed by atoms with Crippen molar-refractivity contribution in [2.75, 3.05) is 13.1 Å². The van der Waals surface area contributed by atoms with Crippen LogP contribution in [0.25, 0.3) is 0 Å². The minimum atomic E-state index is -0.362. The Kier molecular flexibility index (Phi) is 2.96. The number of carbonyl (C=O) groups is 1. The first-order valence-electron chi connectivity index (χ1n) is 4.84. The molecule has 1 N–H and O–H groups in total. The van der Waals surface area contributed by atoms with Gasteiger partial charge in [-0.25, -0.2) is 0 Å². The van der Waals surface area contributed by atoms with E-state index in [1.807, 2.05) is 20.8 Å². The zero-order valence-corrected chi connectivity index (χ0v) is 8.89. The Labute approximate surface area is 79.8 Å². The van der Waals surface area contributed by atoms with Crippen molar-refractivity contribution in [3.8, 4) is 0 Å². The summed E-state index contributed by atoms with van der Waals surface area (Å²) in [6.07, 6.45) is 0. The molecule has 1 aliphatic heterocycles. The van der Waals surface area contributed by atoms with Gasteiger partial charge in [0.2, 0.25) is 0 Å². The van der Waals surface area contributed by atoms with Crippen molar-refractivity contribution in [1.82, 2.24) is 5.32 Å². The van der Waals surface area contributed by atoms with Crippen LogP contribution in [0.1, 0.15) is 27.7 Å². The van der Waals surface area contributed by atoms with E-state index >= 15 is 0 Å². The number of carbonyl (C=O) groups excluding carboxylic acids is 1. The van der Waals surface area contributed by atoms with E-state index in [-0.39, 0.29) is 17.5 Å². The first kappa shape index (κ1) is 10.5. The largest absolute Gasteiger partial charge is 0.460 e. The molecule has 1 aliphatic rings. The third-order valence-corrected chi connectivity index (χ3v) is 2.23. The Morgan fingerprint density at radius 1 is 1.38 bits per heavy atom. The molecule has 0 saturated carbocycles. The molecule has 0 unspecified atom stereocenters. The lowest BCUT2D eigenvalue weighted by atomic mass is 9.98. The van der Waals surface area contributed by atoms with Gasteiger partial charge in [-0.15, -0.1) is 0 Å². The van der Waals surface area contributed by atoms with Gasteiger partial charge in [-0.1, -0.05) is 6.92 Å². The Hall–Kier alpha value is -0.570. The second-order valence-electron chi connectivity index (χ2n) is 4.78. The molecule has 0 amide bonds. The van der Waals surface area contributed by atoms with Crippen molar-refractivity contribution in [3.05, 3.63) is 0 Å². The predicted molar refractivity (Wildman–Crippen MR) is 51.4 cm³/mol. The quantitative estimate of drug-likeness (QED) is 0.623. The molecule has 1 heterocycles. The van der Waals surface area contributed by atoms with Crippen LogP contribution in [0, 0.1) is 11.8 Å². The number of rotatable bonds is 1. The molecule has 2 atom stereocenters. The van der Waals surface area contributed by atoms with E-state index in [4.69, 9.17) is 4.74 Å². The summed E-state index contributed by atoms with van der Waals surface area (Å²) in [5, 5.41) is 3.19. The Bertz CT molecular complexity index is 196. The van der Waals surface area contributed by atoms with Gasteiger partial charge < -0.3 is 10.1 Å². The third-order valence-electron chi connectivity index (χ3n) is 2.23. The Balaban J connectivity index is 2.48. The number of nitrogens with one attached hydrogen (secondary N) is 1. The van der Waals surface area contributed by atoms with Crippen LogP contribution in [0.2, 0.25) is 0 Å². The van der Waals surface area contributed by atoms with Crippen LogP contribution in [0.15, 0.2) is 0 Å². The zero-order valence-electron chi connectivity index (χ0n) is 8.89. The highest BCUT2D eigenvalue weighted by atomic mass is 16.6. The molecule has 76 valence electrons. The molecule has 1 rings (SSSR count). The van der Waals surface area contributed by atoms with E-state index in [9.17, 15) is 4.79 Å². The highest BCUT2D eigenvalue weighted by molar-refractivity contribution is 5.73. The average Bonchev–Trinajstić information content (AvgIpc) is 2.30. The lowest BCUT2D eigenvalue weighted by molar-refractivity contribution is -0.160. The summed E-state index contributed by atoms with van der Waals surface area (Å²) in [5.41, 5.74) is -0.362. The van der Waals surface area contributed by atoms with E-state index < -0.39 is 0 Å². The summed E-state index contributed by atoms with van der Waals surface area (Å²) in [6.45, 7) is 9.46. The van der Waals surface area contributed by atoms with Crippen LogP contribution in [-0.4, -0.2) is 24.7 Å². The van der Waals surface area contributed by atoms with Gasteiger partial charge in [0.25, 0.3) is 0 Å². The van der Waals surface area contributed by atoms with Gasteiger partial charge in [0, 0.05) is 6.54 Å². The SMILES string of the molecule is C[C@@H]1CNC[C@@H]1C(=O)OC(C)(C)C.